The molecule has 0 saturated heterocycles. The number of hydrogen-bond acceptors (Lipinski definition) is 4. The highest BCUT2D eigenvalue weighted by atomic mass is 35.5. The molecule has 70 valence electrons. The van der Waals surface area contributed by atoms with Crippen molar-refractivity contribution in [2.24, 2.45) is 0 Å². The first kappa shape index (κ1) is 8.47. The number of nitrogens with two attached hydrogens (primary N) is 1. The fourth-order valence-corrected chi connectivity index (χ4v) is 1.40. The first-order valence-corrected chi connectivity index (χ1v) is 4.14. The predicted molar refractivity (Wildman–Crippen MR) is 50.9 cm³/mol. The van der Waals surface area contributed by atoms with Gasteiger partial charge in [-0.1, -0.05) is 11.6 Å². The Hall–Kier alpha value is -1.13. The lowest BCUT2D eigenvalue weighted by Crippen LogP contribution is -2.29. The zero-order valence-corrected chi connectivity index (χ0v) is 7.75. The van der Waals surface area contributed by atoms with Crippen LogP contribution in [0.5, 0.6) is 5.75 Å². The second-order valence-electron chi connectivity index (χ2n) is 2.90. The number of aliphatic hydroxyl groups is 1. The zero-order valence-electron chi connectivity index (χ0n) is 6.99. The Labute approximate surface area is 80.5 Å². The van der Waals surface area contributed by atoms with Crippen molar-refractivity contribution in [3.05, 3.63) is 17.2 Å². The number of fused-ring (bicyclic) bond motifs is 1. The van der Waals surface area contributed by atoms with Crippen LogP contribution >= 0.6 is 11.6 Å². The monoisotopic (exact) mass is 200 g/mol. The van der Waals surface area contributed by atoms with E-state index in [-0.39, 0.29) is 0 Å². The van der Waals surface area contributed by atoms with Gasteiger partial charge in [0, 0.05) is 13.1 Å². The van der Waals surface area contributed by atoms with E-state index in [2.05, 4.69) is 0 Å². The van der Waals surface area contributed by atoms with E-state index in [0.29, 0.717) is 16.5 Å². The molecule has 1 aliphatic heterocycles. The van der Waals surface area contributed by atoms with Crippen LogP contribution in [0.1, 0.15) is 0 Å². The lowest BCUT2D eigenvalue weighted by molar-refractivity contribution is 0.00102. The smallest absolute Gasteiger partial charge is 0.281 e. The molecule has 1 heterocycles. The number of hydrogen-bond donors (Lipinski definition) is 2. The van der Waals surface area contributed by atoms with Gasteiger partial charge in [-0.3, -0.25) is 0 Å². The summed E-state index contributed by atoms with van der Waals surface area (Å²) < 4.78 is 5.10. The molecule has 0 radical (unpaired) electrons. The van der Waals surface area contributed by atoms with Crippen LogP contribution in [0.3, 0.4) is 0 Å². The van der Waals surface area contributed by atoms with Gasteiger partial charge < -0.3 is 20.5 Å². The third kappa shape index (κ3) is 1.18. The van der Waals surface area contributed by atoms with E-state index in [9.17, 15) is 5.11 Å². The van der Waals surface area contributed by atoms with Crippen LogP contribution in [0, 0.1) is 0 Å². The average Bonchev–Trinajstić information content (AvgIpc) is 2.32. The van der Waals surface area contributed by atoms with E-state index >= 15 is 0 Å². The van der Waals surface area contributed by atoms with Gasteiger partial charge in [0.25, 0.3) is 6.41 Å². The Morgan fingerprint density at radius 2 is 2.31 bits per heavy atom. The molecule has 1 atom stereocenters. The lowest BCUT2D eigenvalue weighted by atomic mass is 10.2. The molecular formula is C8H9ClN2O2. The van der Waals surface area contributed by atoms with Gasteiger partial charge in [0.2, 0.25) is 0 Å². The van der Waals surface area contributed by atoms with Gasteiger partial charge in [-0.15, -0.1) is 0 Å². The van der Waals surface area contributed by atoms with Gasteiger partial charge in [0.05, 0.1) is 16.4 Å². The van der Waals surface area contributed by atoms with Crippen LogP contribution in [0.4, 0.5) is 11.4 Å². The molecule has 1 aromatic carbocycles. The molecule has 0 aliphatic carbocycles. The Morgan fingerprint density at radius 3 is 3.00 bits per heavy atom. The van der Waals surface area contributed by atoms with Crippen LogP contribution in [0.15, 0.2) is 12.1 Å². The quantitative estimate of drug-likeness (QED) is 0.614. The maximum atomic E-state index is 9.32. The molecule has 1 aliphatic rings. The Balaban J connectivity index is 2.53. The highest BCUT2D eigenvalue weighted by Gasteiger charge is 2.26. The summed E-state index contributed by atoms with van der Waals surface area (Å²) in [5.74, 6) is 0.553. The summed E-state index contributed by atoms with van der Waals surface area (Å²) in [6.45, 7) is 0. The predicted octanol–water partition coefficient (Wildman–Crippen LogP) is 1.03. The third-order valence-corrected chi connectivity index (χ3v) is 2.35. The molecule has 0 bridgehead atoms. The molecule has 1 unspecified atom stereocenters. The molecule has 0 spiro atoms. The number of nitrogen functional groups attached to an aromatic ring is 1. The topological polar surface area (TPSA) is 58.7 Å². The summed E-state index contributed by atoms with van der Waals surface area (Å²) in [5, 5.41) is 9.78. The average molecular weight is 201 g/mol. The molecule has 3 N–H and O–H groups in total. The summed E-state index contributed by atoms with van der Waals surface area (Å²) in [5.41, 5.74) is 6.76. The molecule has 5 heteroatoms. The van der Waals surface area contributed by atoms with E-state index in [0.717, 1.165) is 5.69 Å². The van der Waals surface area contributed by atoms with Crippen molar-refractivity contribution in [3.63, 3.8) is 0 Å². The van der Waals surface area contributed by atoms with Crippen LogP contribution in [0.25, 0.3) is 0 Å². The number of benzene rings is 1. The summed E-state index contributed by atoms with van der Waals surface area (Å²) in [4.78, 5) is 1.57. The van der Waals surface area contributed by atoms with Crippen molar-refractivity contribution >= 4 is 23.0 Å². The second kappa shape index (κ2) is 2.68. The van der Waals surface area contributed by atoms with E-state index in [1.54, 1.807) is 24.1 Å². The Bertz CT molecular complexity index is 356. The minimum absolute atomic E-state index is 0.447. The number of ether oxygens (including phenoxy) is 1. The van der Waals surface area contributed by atoms with Gasteiger partial charge >= 0.3 is 0 Å². The second-order valence-corrected chi connectivity index (χ2v) is 3.30. The third-order valence-electron chi connectivity index (χ3n) is 2.02. The standard InChI is InChI=1S/C8H9ClN2O2/c1-11-6-2-4(9)5(10)3-7(6)13-8(11)12/h2-3,8,12H,10H2,1H3. The zero-order chi connectivity index (χ0) is 9.59. The Kier molecular flexibility index (Phi) is 1.75. The molecule has 0 saturated carbocycles. The van der Waals surface area contributed by atoms with Crippen molar-refractivity contribution in [2.75, 3.05) is 17.7 Å². The van der Waals surface area contributed by atoms with Gasteiger partial charge in [-0.05, 0) is 6.07 Å². The van der Waals surface area contributed by atoms with Gasteiger partial charge in [-0.25, -0.2) is 0 Å². The molecule has 0 aromatic heterocycles. The van der Waals surface area contributed by atoms with Crippen molar-refractivity contribution in [3.8, 4) is 5.75 Å². The number of rotatable bonds is 0. The number of nitrogens with zero attached hydrogens (tertiary/aromatic N) is 1. The molecule has 2 rings (SSSR count). The van der Waals surface area contributed by atoms with Crippen LogP contribution in [-0.4, -0.2) is 18.6 Å². The van der Waals surface area contributed by atoms with E-state index < -0.39 is 6.41 Å². The van der Waals surface area contributed by atoms with E-state index in [1.807, 2.05) is 0 Å². The maximum Gasteiger partial charge on any atom is 0.281 e. The molecule has 4 nitrogen and oxygen atoms in total. The highest BCUT2D eigenvalue weighted by molar-refractivity contribution is 6.33. The van der Waals surface area contributed by atoms with Gasteiger partial charge in [0.1, 0.15) is 0 Å². The van der Waals surface area contributed by atoms with Crippen LogP contribution in [0.2, 0.25) is 5.02 Å². The molecule has 1 aromatic rings. The summed E-state index contributed by atoms with van der Waals surface area (Å²) in [6, 6.07) is 3.27. The fourth-order valence-electron chi connectivity index (χ4n) is 1.24. The van der Waals surface area contributed by atoms with Gasteiger partial charge in [-0.2, -0.15) is 0 Å². The van der Waals surface area contributed by atoms with Crippen LogP contribution in [-0.2, 0) is 0 Å². The molecular weight excluding hydrogens is 192 g/mol. The normalized spacial score (nSPS) is 19.9. The number of halogens is 1. The number of aliphatic hydroxyl groups excluding tert-OH is 1. The van der Waals surface area contributed by atoms with Crippen LogP contribution < -0.4 is 15.4 Å². The SMILES string of the molecule is CN1c2cc(Cl)c(N)cc2OC1O. The fraction of sp³-hybridized carbons (Fsp3) is 0.250. The minimum Gasteiger partial charge on any atom is -0.444 e. The van der Waals surface area contributed by atoms with Gasteiger partial charge in [0.15, 0.2) is 5.75 Å². The molecule has 13 heavy (non-hydrogen) atoms. The van der Waals surface area contributed by atoms with Crippen molar-refractivity contribution in [2.45, 2.75) is 6.41 Å². The first-order chi connectivity index (χ1) is 6.09. The highest BCUT2D eigenvalue weighted by Crippen LogP contribution is 2.40. The molecule has 0 amide bonds. The van der Waals surface area contributed by atoms with E-state index in [4.69, 9.17) is 22.1 Å². The largest absolute Gasteiger partial charge is 0.444 e. The maximum absolute atomic E-state index is 9.32. The number of anilines is 2. The van der Waals surface area contributed by atoms with Crippen molar-refractivity contribution in [1.82, 2.24) is 0 Å². The lowest BCUT2D eigenvalue weighted by Gasteiger charge is -2.13. The minimum atomic E-state index is -0.951. The summed E-state index contributed by atoms with van der Waals surface area (Å²) >= 11 is 5.82. The van der Waals surface area contributed by atoms with Crippen molar-refractivity contribution in [1.29, 1.82) is 0 Å². The summed E-state index contributed by atoms with van der Waals surface area (Å²) in [7, 11) is 1.71. The van der Waals surface area contributed by atoms with E-state index in [1.165, 1.54) is 0 Å². The first-order valence-electron chi connectivity index (χ1n) is 3.76. The summed E-state index contributed by atoms with van der Waals surface area (Å²) in [6.07, 6.45) is -0.951. The van der Waals surface area contributed by atoms with Crippen molar-refractivity contribution < 1.29 is 9.84 Å². The Morgan fingerprint density at radius 1 is 1.62 bits per heavy atom. The molecule has 0 fully saturated rings.